The van der Waals surface area contributed by atoms with Crippen molar-refractivity contribution in [2.75, 3.05) is 10.8 Å². The van der Waals surface area contributed by atoms with Gasteiger partial charge in [-0.3, -0.25) is 9.10 Å². The summed E-state index contributed by atoms with van der Waals surface area (Å²) in [5, 5.41) is 10.4. The molecule has 0 aliphatic heterocycles. The molecule has 3 heterocycles. The molecule has 0 amide bonds. The molecule has 3 aromatic heterocycles. The molecular weight excluding hydrogens is 667 g/mol. The Bertz CT molecular complexity index is 2070. The zero-order chi connectivity index (χ0) is 34.3. The molecular formula is C32H32Cl2N6O6S. The number of hydrogen-bond acceptors (Lipinski definition) is 9. The minimum Gasteiger partial charge on any atom is -0.480 e. The monoisotopic (exact) mass is 698 g/mol. The number of carboxylic acids is 1. The van der Waals surface area contributed by atoms with Crippen LogP contribution in [-0.4, -0.2) is 61.7 Å². The van der Waals surface area contributed by atoms with Crippen molar-refractivity contribution in [3.8, 4) is 29.0 Å². The van der Waals surface area contributed by atoms with E-state index < -0.39 is 33.7 Å². The Balaban J connectivity index is 1.54. The third kappa shape index (κ3) is 7.92. The van der Waals surface area contributed by atoms with E-state index in [1.807, 2.05) is 41.5 Å². The molecule has 0 atom stereocenters. The Morgan fingerprint density at radius 2 is 1.60 bits per heavy atom. The highest BCUT2D eigenvalue weighted by atomic mass is 35.5. The van der Waals surface area contributed by atoms with Crippen LogP contribution in [0.1, 0.15) is 41.5 Å². The Hall–Kier alpha value is -4.46. The molecule has 47 heavy (non-hydrogen) atoms. The lowest BCUT2D eigenvalue weighted by Gasteiger charge is -2.24. The Morgan fingerprint density at radius 1 is 0.915 bits per heavy atom. The molecule has 0 bridgehead atoms. The van der Waals surface area contributed by atoms with Crippen LogP contribution >= 0.6 is 23.2 Å². The SMILES string of the molecule is CC(C)(C)Oc1ncc(-c2cc(-n3ccc4cc(N(CC(=O)O)S(=O)(=O)c5cc(Cl)cc(Cl)c5)ccc43)ncn2)c(OC(C)(C)C)n1. The van der Waals surface area contributed by atoms with Gasteiger partial charge in [0.25, 0.3) is 10.0 Å². The van der Waals surface area contributed by atoms with Gasteiger partial charge in [0.2, 0.25) is 5.88 Å². The van der Waals surface area contributed by atoms with Crippen LogP contribution < -0.4 is 13.8 Å². The van der Waals surface area contributed by atoms with Gasteiger partial charge in [-0.1, -0.05) is 23.2 Å². The smallest absolute Gasteiger partial charge is 0.324 e. The van der Waals surface area contributed by atoms with Crippen LogP contribution in [0.2, 0.25) is 10.0 Å². The third-order valence-electron chi connectivity index (χ3n) is 6.37. The zero-order valence-electron chi connectivity index (χ0n) is 26.4. The molecule has 1 N–H and O–H groups in total. The van der Waals surface area contributed by atoms with Crippen LogP contribution in [0.25, 0.3) is 28.0 Å². The van der Waals surface area contributed by atoms with E-state index in [1.54, 1.807) is 41.2 Å². The first-order valence-electron chi connectivity index (χ1n) is 14.3. The fraction of sp³-hybridized carbons (Fsp3) is 0.281. The number of ether oxygens (including phenoxy) is 2. The average Bonchev–Trinajstić information content (AvgIpc) is 3.37. The van der Waals surface area contributed by atoms with Crippen molar-refractivity contribution in [2.24, 2.45) is 0 Å². The molecule has 0 saturated carbocycles. The lowest BCUT2D eigenvalue weighted by molar-refractivity contribution is -0.135. The highest BCUT2D eigenvalue weighted by molar-refractivity contribution is 7.92. The zero-order valence-corrected chi connectivity index (χ0v) is 28.7. The number of anilines is 1. The Labute approximate surface area is 282 Å². The predicted octanol–water partition coefficient (Wildman–Crippen LogP) is 6.82. The maximum Gasteiger partial charge on any atom is 0.324 e. The molecule has 0 fully saturated rings. The van der Waals surface area contributed by atoms with E-state index in [0.29, 0.717) is 33.9 Å². The summed E-state index contributed by atoms with van der Waals surface area (Å²) < 4.78 is 41.8. The maximum atomic E-state index is 13.6. The molecule has 0 unspecified atom stereocenters. The van der Waals surface area contributed by atoms with Gasteiger partial charge in [-0.25, -0.2) is 23.4 Å². The average molecular weight is 700 g/mol. The number of fused-ring (bicyclic) bond motifs is 1. The Morgan fingerprint density at radius 3 is 2.23 bits per heavy atom. The molecule has 5 rings (SSSR count). The van der Waals surface area contributed by atoms with E-state index >= 15 is 0 Å². The van der Waals surface area contributed by atoms with E-state index in [4.69, 9.17) is 32.7 Å². The van der Waals surface area contributed by atoms with E-state index in [2.05, 4.69) is 19.9 Å². The number of nitrogens with zero attached hydrogens (tertiary/aromatic N) is 6. The molecule has 15 heteroatoms. The van der Waals surface area contributed by atoms with Gasteiger partial charge < -0.3 is 19.1 Å². The summed E-state index contributed by atoms with van der Waals surface area (Å²) in [4.78, 5) is 29.4. The number of rotatable bonds is 9. The molecule has 2 aromatic carbocycles. The molecule has 0 aliphatic rings. The number of benzene rings is 2. The fourth-order valence-electron chi connectivity index (χ4n) is 4.57. The van der Waals surface area contributed by atoms with Crippen molar-refractivity contribution in [1.82, 2.24) is 24.5 Å². The molecule has 0 saturated heterocycles. The van der Waals surface area contributed by atoms with Crippen LogP contribution in [0.4, 0.5) is 5.69 Å². The van der Waals surface area contributed by atoms with Gasteiger partial charge in [0.15, 0.2) is 0 Å². The summed E-state index contributed by atoms with van der Waals surface area (Å²) in [6, 6.07) is 12.3. The van der Waals surface area contributed by atoms with Crippen LogP contribution in [0.5, 0.6) is 11.9 Å². The van der Waals surface area contributed by atoms with Gasteiger partial charge in [-0.05, 0) is 84.0 Å². The second kappa shape index (κ2) is 12.6. The maximum absolute atomic E-state index is 13.6. The molecule has 246 valence electrons. The van der Waals surface area contributed by atoms with Crippen molar-refractivity contribution in [3.05, 3.63) is 77.3 Å². The molecule has 0 spiro atoms. The number of sulfonamides is 1. The van der Waals surface area contributed by atoms with Crippen LogP contribution in [-0.2, 0) is 14.8 Å². The van der Waals surface area contributed by atoms with Gasteiger partial charge >= 0.3 is 12.0 Å². The van der Waals surface area contributed by atoms with Crippen molar-refractivity contribution in [2.45, 2.75) is 57.6 Å². The van der Waals surface area contributed by atoms with Gasteiger partial charge in [0.1, 0.15) is 29.9 Å². The normalized spacial score (nSPS) is 12.3. The third-order valence-corrected chi connectivity index (χ3v) is 8.56. The lowest BCUT2D eigenvalue weighted by atomic mass is 10.1. The molecule has 12 nitrogen and oxygen atoms in total. The summed E-state index contributed by atoms with van der Waals surface area (Å²) in [6.07, 6.45) is 4.76. The summed E-state index contributed by atoms with van der Waals surface area (Å²) in [5.74, 6) is -0.554. The van der Waals surface area contributed by atoms with Gasteiger partial charge in [-0.2, -0.15) is 4.98 Å². The minimum atomic E-state index is -4.35. The standard InChI is InChI=1S/C32H32Cl2N6O6S/c1-31(2,3)45-29-24(16-35-30(38-29)46-32(4,5)6)25-15-27(37-18-36-25)39-10-9-19-11-22(7-8-26(19)39)40(17-28(41)42)47(43,44)23-13-20(33)12-21(34)14-23/h7-16,18H,17H2,1-6H3,(H,41,42). The first kappa shape index (κ1) is 33.9. The van der Waals surface area contributed by atoms with Crippen LogP contribution in [0.15, 0.2) is 72.1 Å². The number of carbonyl (C=O) groups is 1. The minimum absolute atomic E-state index is 0.0981. The second-order valence-corrected chi connectivity index (χ2v) is 15.2. The number of aromatic nitrogens is 5. The summed E-state index contributed by atoms with van der Waals surface area (Å²) in [7, 11) is -4.35. The number of hydrogen-bond donors (Lipinski definition) is 1. The lowest BCUT2D eigenvalue weighted by Crippen LogP contribution is -2.35. The van der Waals surface area contributed by atoms with Gasteiger partial charge in [-0.15, -0.1) is 0 Å². The summed E-state index contributed by atoms with van der Waals surface area (Å²) in [5.41, 5.74) is 0.737. The number of aliphatic carboxylic acids is 1. The van der Waals surface area contributed by atoms with Crippen molar-refractivity contribution < 1.29 is 27.8 Å². The fourth-order valence-corrected chi connectivity index (χ4v) is 6.70. The first-order chi connectivity index (χ1) is 21.9. The molecule has 0 aliphatic carbocycles. The quantitative estimate of drug-likeness (QED) is 0.174. The number of carboxylic acid groups (broad SMARTS) is 1. The van der Waals surface area contributed by atoms with Crippen LogP contribution in [0, 0.1) is 0 Å². The predicted molar refractivity (Wildman–Crippen MR) is 179 cm³/mol. The topological polar surface area (TPSA) is 150 Å². The highest BCUT2D eigenvalue weighted by Gasteiger charge is 2.29. The van der Waals surface area contributed by atoms with Gasteiger partial charge in [0.05, 0.1) is 27.4 Å². The summed E-state index contributed by atoms with van der Waals surface area (Å²) in [6.45, 7) is 10.6. The Kier molecular flexibility index (Phi) is 9.10. The van der Waals surface area contributed by atoms with Gasteiger partial charge in [0, 0.05) is 33.9 Å². The number of halogens is 2. The van der Waals surface area contributed by atoms with E-state index in [9.17, 15) is 18.3 Å². The largest absolute Gasteiger partial charge is 0.480 e. The highest BCUT2D eigenvalue weighted by Crippen LogP contribution is 2.34. The van der Waals surface area contributed by atoms with Crippen molar-refractivity contribution in [3.63, 3.8) is 0 Å². The second-order valence-electron chi connectivity index (χ2n) is 12.5. The van der Waals surface area contributed by atoms with Crippen molar-refractivity contribution >= 4 is 55.8 Å². The van der Waals surface area contributed by atoms with E-state index in [0.717, 1.165) is 4.31 Å². The summed E-state index contributed by atoms with van der Waals surface area (Å²) >= 11 is 12.1. The van der Waals surface area contributed by atoms with Crippen LogP contribution in [0.3, 0.4) is 0 Å². The first-order valence-corrected chi connectivity index (χ1v) is 16.5. The van der Waals surface area contributed by atoms with E-state index in [1.165, 1.54) is 30.6 Å². The van der Waals surface area contributed by atoms with E-state index in [-0.39, 0.29) is 26.6 Å². The van der Waals surface area contributed by atoms with Crippen molar-refractivity contribution in [1.29, 1.82) is 0 Å². The molecule has 5 aromatic rings. The molecule has 0 radical (unpaired) electrons.